The highest BCUT2D eigenvalue weighted by Gasteiger charge is 2.18. The summed E-state index contributed by atoms with van der Waals surface area (Å²) in [4.78, 5) is 20.2. The molecule has 2 rings (SSSR count). The average Bonchev–Trinajstić information content (AvgIpc) is 2.49. The molecule has 6 heteroatoms. The maximum atomic E-state index is 11.9. The number of aromatic nitrogens is 1. The van der Waals surface area contributed by atoms with Crippen LogP contribution in [0.15, 0.2) is 24.5 Å². The van der Waals surface area contributed by atoms with Crippen LogP contribution in [-0.4, -0.2) is 71.7 Å². The summed E-state index contributed by atoms with van der Waals surface area (Å²) >= 11 is 0. The normalized spacial score (nSPS) is 17.1. The quantitative estimate of drug-likeness (QED) is 0.721. The van der Waals surface area contributed by atoms with Crippen LogP contribution in [0.4, 0.5) is 0 Å². The van der Waals surface area contributed by atoms with Gasteiger partial charge < -0.3 is 10.4 Å². The second-order valence-corrected chi connectivity index (χ2v) is 4.98. The topological polar surface area (TPSA) is 68.7 Å². The Morgan fingerprint density at radius 2 is 2.05 bits per heavy atom. The molecule has 0 unspecified atom stereocenters. The number of piperazine rings is 1. The summed E-state index contributed by atoms with van der Waals surface area (Å²) in [6.45, 7) is 5.46. The molecule has 1 aromatic rings. The maximum Gasteiger partial charge on any atom is 0.234 e. The summed E-state index contributed by atoms with van der Waals surface area (Å²) in [5, 5.41) is 11.8. The highest BCUT2D eigenvalue weighted by molar-refractivity contribution is 5.78. The highest BCUT2D eigenvalue weighted by atomic mass is 16.3. The number of rotatable bonds is 6. The molecule has 20 heavy (non-hydrogen) atoms. The van der Waals surface area contributed by atoms with Crippen molar-refractivity contribution in [3.8, 4) is 0 Å². The van der Waals surface area contributed by atoms with Gasteiger partial charge in [-0.25, -0.2) is 0 Å². The molecule has 2 heterocycles. The Balaban J connectivity index is 1.65. The predicted molar refractivity (Wildman–Crippen MR) is 76.0 cm³/mol. The maximum absolute atomic E-state index is 11.9. The number of carbonyl (C=O) groups is 1. The van der Waals surface area contributed by atoms with Gasteiger partial charge in [0.2, 0.25) is 5.91 Å². The van der Waals surface area contributed by atoms with E-state index >= 15 is 0 Å². The van der Waals surface area contributed by atoms with Crippen molar-refractivity contribution in [1.29, 1.82) is 0 Å². The third-order valence-corrected chi connectivity index (χ3v) is 3.46. The molecule has 6 nitrogen and oxygen atoms in total. The Morgan fingerprint density at radius 1 is 1.30 bits per heavy atom. The van der Waals surface area contributed by atoms with Crippen molar-refractivity contribution in [2.24, 2.45) is 0 Å². The minimum Gasteiger partial charge on any atom is -0.395 e. The van der Waals surface area contributed by atoms with E-state index in [-0.39, 0.29) is 12.5 Å². The number of aliphatic hydroxyl groups excluding tert-OH is 1. The average molecular weight is 278 g/mol. The van der Waals surface area contributed by atoms with Crippen LogP contribution < -0.4 is 5.32 Å². The van der Waals surface area contributed by atoms with E-state index in [2.05, 4.69) is 20.1 Å². The SMILES string of the molecule is O=C(CN1CCN(CCO)CC1)NCc1cccnc1. The first-order valence-electron chi connectivity index (χ1n) is 6.99. The van der Waals surface area contributed by atoms with E-state index in [1.807, 2.05) is 12.1 Å². The highest BCUT2D eigenvalue weighted by Crippen LogP contribution is 2.01. The fraction of sp³-hybridized carbons (Fsp3) is 0.571. The van der Waals surface area contributed by atoms with Gasteiger partial charge in [-0.2, -0.15) is 0 Å². The minimum absolute atomic E-state index is 0.0458. The molecule has 0 bridgehead atoms. The summed E-state index contributed by atoms with van der Waals surface area (Å²) in [6, 6.07) is 3.81. The molecule has 0 saturated carbocycles. The lowest BCUT2D eigenvalue weighted by molar-refractivity contribution is -0.122. The number of pyridine rings is 1. The van der Waals surface area contributed by atoms with Gasteiger partial charge in [0.05, 0.1) is 13.2 Å². The molecular formula is C14H22N4O2. The molecule has 0 aliphatic carbocycles. The third-order valence-electron chi connectivity index (χ3n) is 3.46. The zero-order valence-electron chi connectivity index (χ0n) is 11.7. The molecule has 1 aliphatic rings. The Kier molecular flexibility index (Phi) is 5.91. The number of hydrogen-bond donors (Lipinski definition) is 2. The zero-order valence-corrected chi connectivity index (χ0v) is 11.7. The summed E-state index contributed by atoms with van der Waals surface area (Å²) < 4.78 is 0. The van der Waals surface area contributed by atoms with E-state index < -0.39 is 0 Å². The zero-order chi connectivity index (χ0) is 14.2. The summed E-state index contributed by atoms with van der Waals surface area (Å²) in [6.07, 6.45) is 3.48. The number of β-amino-alcohol motifs (C(OH)–C–C–N with tert-alkyl or cyclic N) is 1. The monoisotopic (exact) mass is 278 g/mol. The Labute approximate surface area is 119 Å². The van der Waals surface area contributed by atoms with Crippen molar-refractivity contribution in [1.82, 2.24) is 20.1 Å². The van der Waals surface area contributed by atoms with Crippen LogP contribution in [0, 0.1) is 0 Å². The Hall–Kier alpha value is -1.50. The van der Waals surface area contributed by atoms with E-state index in [4.69, 9.17) is 5.11 Å². The molecule has 0 aromatic carbocycles. The summed E-state index contributed by atoms with van der Waals surface area (Å²) in [5.74, 6) is 0.0458. The first-order chi connectivity index (χ1) is 9.78. The van der Waals surface area contributed by atoms with E-state index in [0.29, 0.717) is 13.1 Å². The summed E-state index contributed by atoms with van der Waals surface area (Å²) in [7, 11) is 0. The predicted octanol–water partition coefficient (Wildman–Crippen LogP) is -0.692. The number of hydrogen-bond acceptors (Lipinski definition) is 5. The fourth-order valence-corrected chi connectivity index (χ4v) is 2.27. The van der Waals surface area contributed by atoms with Gasteiger partial charge in [-0.1, -0.05) is 6.07 Å². The van der Waals surface area contributed by atoms with Crippen molar-refractivity contribution >= 4 is 5.91 Å². The lowest BCUT2D eigenvalue weighted by Crippen LogP contribution is -2.49. The first kappa shape index (κ1) is 14.9. The van der Waals surface area contributed by atoms with Crippen LogP contribution in [0.5, 0.6) is 0 Å². The van der Waals surface area contributed by atoms with Gasteiger partial charge in [0.1, 0.15) is 0 Å². The van der Waals surface area contributed by atoms with Crippen molar-refractivity contribution in [3.05, 3.63) is 30.1 Å². The molecule has 110 valence electrons. The molecule has 0 spiro atoms. The first-order valence-corrected chi connectivity index (χ1v) is 6.99. The second kappa shape index (κ2) is 7.94. The number of aliphatic hydroxyl groups is 1. The molecule has 1 aliphatic heterocycles. The van der Waals surface area contributed by atoms with Gasteiger partial charge >= 0.3 is 0 Å². The number of nitrogens with one attached hydrogen (secondary N) is 1. The Bertz CT molecular complexity index is 405. The van der Waals surface area contributed by atoms with Crippen molar-refractivity contribution in [2.75, 3.05) is 45.9 Å². The van der Waals surface area contributed by atoms with Gasteiger partial charge in [0, 0.05) is 51.7 Å². The molecule has 1 fully saturated rings. The van der Waals surface area contributed by atoms with Crippen LogP contribution in [0.1, 0.15) is 5.56 Å². The Morgan fingerprint density at radius 3 is 2.70 bits per heavy atom. The second-order valence-electron chi connectivity index (χ2n) is 4.98. The molecule has 1 saturated heterocycles. The van der Waals surface area contributed by atoms with Gasteiger partial charge in [0.15, 0.2) is 0 Å². The van der Waals surface area contributed by atoms with Crippen LogP contribution in [0.3, 0.4) is 0 Å². The minimum atomic E-state index is 0.0458. The van der Waals surface area contributed by atoms with Crippen LogP contribution in [-0.2, 0) is 11.3 Å². The van der Waals surface area contributed by atoms with Gasteiger partial charge in [-0.3, -0.25) is 19.6 Å². The molecular weight excluding hydrogens is 256 g/mol. The van der Waals surface area contributed by atoms with Gasteiger partial charge in [-0.05, 0) is 11.6 Å². The van der Waals surface area contributed by atoms with E-state index in [1.54, 1.807) is 12.4 Å². The molecule has 1 amide bonds. The van der Waals surface area contributed by atoms with Crippen LogP contribution in [0.25, 0.3) is 0 Å². The van der Waals surface area contributed by atoms with Crippen LogP contribution in [0.2, 0.25) is 0 Å². The lowest BCUT2D eigenvalue weighted by atomic mass is 10.3. The lowest BCUT2D eigenvalue weighted by Gasteiger charge is -2.33. The van der Waals surface area contributed by atoms with E-state index in [1.165, 1.54) is 0 Å². The van der Waals surface area contributed by atoms with E-state index in [9.17, 15) is 4.79 Å². The smallest absolute Gasteiger partial charge is 0.234 e. The van der Waals surface area contributed by atoms with Crippen molar-refractivity contribution in [3.63, 3.8) is 0 Å². The van der Waals surface area contributed by atoms with Gasteiger partial charge in [-0.15, -0.1) is 0 Å². The molecule has 0 atom stereocenters. The fourth-order valence-electron chi connectivity index (χ4n) is 2.27. The van der Waals surface area contributed by atoms with Gasteiger partial charge in [0.25, 0.3) is 0 Å². The molecule has 0 radical (unpaired) electrons. The molecule has 1 aromatic heterocycles. The summed E-state index contributed by atoms with van der Waals surface area (Å²) in [5.41, 5.74) is 1.01. The third kappa shape index (κ3) is 4.88. The van der Waals surface area contributed by atoms with Crippen LogP contribution >= 0.6 is 0 Å². The largest absolute Gasteiger partial charge is 0.395 e. The number of carbonyl (C=O) groups excluding carboxylic acids is 1. The van der Waals surface area contributed by atoms with Crippen molar-refractivity contribution < 1.29 is 9.90 Å². The van der Waals surface area contributed by atoms with Crippen molar-refractivity contribution in [2.45, 2.75) is 6.54 Å². The molecule has 2 N–H and O–H groups in total. The standard InChI is InChI=1S/C14H22N4O2/c19-9-8-17-4-6-18(7-5-17)12-14(20)16-11-13-2-1-3-15-10-13/h1-3,10,19H,4-9,11-12H2,(H,16,20). The number of nitrogens with zero attached hydrogens (tertiary/aromatic N) is 3. The van der Waals surface area contributed by atoms with E-state index in [0.717, 1.165) is 38.3 Å². The number of amides is 1.